The maximum Gasteiger partial charge on any atom is 1.00 e. The van der Waals surface area contributed by atoms with Crippen LogP contribution in [0.15, 0.2) is 0 Å². The van der Waals surface area contributed by atoms with Gasteiger partial charge in [-0.25, -0.2) is 0 Å². The van der Waals surface area contributed by atoms with Crippen LogP contribution in [-0.4, -0.2) is 7.32 Å². The molecule has 0 spiro atoms. The molecule has 0 aliphatic carbocycles. The summed E-state index contributed by atoms with van der Waals surface area (Å²) in [5, 5.41) is 0. The fourth-order valence-electron chi connectivity index (χ4n) is 0.0412. The Labute approximate surface area is 93.6 Å². The van der Waals surface area contributed by atoms with E-state index in [1.807, 2.05) is 0 Å². The fourth-order valence-corrected chi connectivity index (χ4v) is 0.0412. The molecule has 0 atom stereocenters. The number of halogens is 3. The van der Waals surface area contributed by atoms with Gasteiger partial charge in [0.05, 0.1) is 0 Å². The van der Waals surface area contributed by atoms with Crippen molar-refractivity contribution in [3.8, 4) is 0 Å². The van der Waals surface area contributed by atoms with Crippen LogP contribution < -0.4 is 58.2 Å². The zero-order valence-electron chi connectivity index (χ0n) is 4.94. The molecule has 0 aliphatic heterocycles. The van der Waals surface area contributed by atoms with Crippen molar-refractivity contribution in [1.29, 1.82) is 0 Å². The van der Waals surface area contributed by atoms with Crippen molar-refractivity contribution in [1.82, 2.24) is 0 Å². The molecule has 0 radical (unpaired) electrons. The Balaban J connectivity index is -0.000000180. The zero-order valence-corrected chi connectivity index (χ0v) is 8.85. The second-order valence-electron chi connectivity index (χ2n) is 0.556. The van der Waals surface area contributed by atoms with E-state index in [9.17, 15) is 13.6 Å². The van der Waals surface area contributed by atoms with Gasteiger partial charge in [-0.05, 0) is 0 Å². The molecule has 0 amide bonds. The molecular weight excluding hydrogens is 201 g/mol. The van der Waals surface area contributed by atoms with Gasteiger partial charge in [-0.1, -0.05) is 13.6 Å². The van der Waals surface area contributed by atoms with E-state index in [2.05, 4.69) is 14.6 Å². The van der Waals surface area contributed by atoms with Gasteiger partial charge in [-0.3, -0.25) is 0 Å². The van der Waals surface area contributed by atoms with Gasteiger partial charge < -0.3 is 1.43 Å². The Morgan fingerprint density at radius 3 is 1.25 bits per heavy atom. The SMILES string of the molecule is FOB(OF)OF.[H-].[Rb+]. The quantitative estimate of drug-likeness (QED) is 0.486. The van der Waals surface area contributed by atoms with Crippen molar-refractivity contribution >= 4 is 7.32 Å². The van der Waals surface area contributed by atoms with Crippen molar-refractivity contribution in [3.63, 3.8) is 0 Å². The molecule has 0 aromatic rings. The molecule has 0 aromatic heterocycles. The second-order valence-corrected chi connectivity index (χ2v) is 0.556. The Bertz CT molecular complexity index is 40.5. The van der Waals surface area contributed by atoms with E-state index in [1.165, 1.54) is 0 Å². The van der Waals surface area contributed by atoms with Crippen LogP contribution in [0.2, 0.25) is 0 Å². The molecule has 0 N–H and O–H groups in total. The molecule has 0 saturated carbocycles. The third kappa shape index (κ3) is 5.67. The number of hydrogen-bond donors (Lipinski definition) is 0. The Hall–Kier alpha value is 1.54. The molecule has 0 aliphatic rings. The zero-order chi connectivity index (χ0) is 5.70. The first kappa shape index (κ1) is 12.2. The van der Waals surface area contributed by atoms with Gasteiger partial charge in [-0.15, -0.1) is 0 Å². The molecule has 8 heavy (non-hydrogen) atoms. The topological polar surface area (TPSA) is 27.7 Å². The Morgan fingerprint density at radius 2 is 1.25 bits per heavy atom. The average Bonchev–Trinajstić information content (AvgIpc) is 1.72. The number of hydrogen-bond acceptors (Lipinski definition) is 3. The molecule has 0 aromatic carbocycles. The Morgan fingerprint density at radius 1 is 1.00 bits per heavy atom. The van der Waals surface area contributed by atoms with Gasteiger partial charge in [0, 0.05) is 0 Å². The van der Waals surface area contributed by atoms with Gasteiger partial charge in [-0.2, -0.15) is 14.6 Å². The third-order valence-electron chi connectivity index (χ3n) is 0.218. The van der Waals surface area contributed by atoms with E-state index >= 15 is 0 Å². The van der Waals surface area contributed by atoms with Crippen LogP contribution in [0.3, 0.4) is 0 Å². The maximum absolute atomic E-state index is 10.4. The molecule has 8 heteroatoms. The van der Waals surface area contributed by atoms with E-state index in [1.54, 1.807) is 0 Å². The molecule has 0 unspecified atom stereocenters. The predicted octanol–water partition coefficient (Wildman–Crippen LogP) is -2.21. The van der Waals surface area contributed by atoms with E-state index < -0.39 is 7.32 Å². The van der Waals surface area contributed by atoms with E-state index in [0.717, 1.165) is 0 Å². The van der Waals surface area contributed by atoms with Crippen molar-refractivity contribution in [3.05, 3.63) is 0 Å². The van der Waals surface area contributed by atoms with Gasteiger partial charge in [0.1, 0.15) is 0 Å². The Kier molecular flexibility index (Phi) is 13.1. The molecule has 0 rings (SSSR count). The first-order chi connectivity index (χ1) is 3.35. The van der Waals surface area contributed by atoms with E-state index in [4.69, 9.17) is 0 Å². The molecule has 0 bridgehead atoms. The smallest absolute Gasteiger partial charge is 1.00 e. The fraction of sp³-hybridized carbons (Fsp3) is 0. The second kappa shape index (κ2) is 8.54. The maximum atomic E-state index is 10.4. The van der Waals surface area contributed by atoms with Crippen LogP contribution in [0.25, 0.3) is 0 Å². The van der Waals surface area contributed by atoms with Gasteiger partial charge in [0.25, 0.3) is 0 Å². The van der Waals surface area contributed by atoms with Crippen LogP contribution in [0.1, 0.15) is 1.43 Å². The molecule has 0 heterocycles. The summed E-state index contributed by atoms with van der Waals surface area (Å²) in [5.74, 6) is 0. The minimum absolute atomic E-state index is 0. The summed E-state index contributed by atoms with van der Waals surface area (Å²) in [5.41, 5.74) is 0. The minimum Gasteiger partial charge on any atom is -1.00 e. The largest absolute Gasteiger partial charge is 1.00 e. The van der Waals surface area contributed by atoms with Crippen LogP contribution in [0.5, 0.6) is 0 Å². The van der Waals surface area contributed by atoms with Crippen molar-refractivity contribution in [2.75, 3.05) is 0 Å². The minimum atomic E-state index is -2.51. The predicted molar refractivity (Wildman–Crippen MR) is 13.4 cm³/mol. The average molecular weight is 202 g/mol. The van der Waals surface area contributed by atoms with Gasteiger partial charge in [0.2, 0.25) is 0 Å². The summed E-state index contributed by atoms with van der Waals surface area (Å²) in [6.07, 6.45) is 0. The van der Waals surface area contributed by atoms with Crippen LogP contribution >= 0.6 is 0 Å². The van der Waals surface area contributed by atoms with Crippen LogP contribution in [0, 0.1) is 0 Å². The monoisotopic (exact) mass is 202 g/mol. The molecular formula is HBF3O3Rb. The summed E-state index contributed by atoms with van der Waals surface area (Å²) in [6, 6.07) is 0. The summed E-state index contributed by atoms with van der Waals surface area (Å²) in [7, 11) is -2.51. The van der Waals surface area contributed by atoms with Gasteiger partial charge >= 0.3 is 65.5 Å². The molecule has 44 valence electrons. The van der Waals surface area contributed by atoms with Crippen LogP contribution in [0.4, 0.5) is 13.6 Å². The van der Waals surface area contributed by atoms with Crippen molar-refractivity contribution in [2.24, 2.45) is 0 Å². The summed E-state index contributed by atoms with van der Waals surface area (Å²) in [6.45, 7) is 0. The first-order valence-corrected chi connectivity index (χ1v) is 1.17. The van der Waals surface area contributed by atoms with Crippen molar-refractivity contribution < 1.29 is 87.8 Å². The van der Waals surface area contributed by atoms with E-state index in [0.29, 0.717) is 0 Å². The third-order valence-corrected chi connectivity index (χ3v) is 0.218. The number of rotatable bonds is 3. The molecule has 0 fully saturated rings. The first-order valence-electron chi connectivity index (χ1n) is 1.17. The summed E-state index contributed by atoms with van der Waals surface area (Å²) >= 11 is 0. The van der Waals surface area contributed by atoms with Crippen molar-refractivity contribution in [2.45, 2.75) is 0 Å². The molecule has 0 saturated heterocycles. The van der Waals surface area contributed by atoms with E-state index in [-0.39, 0.29) is 59.6 Å². The summed E-state index contributed by atoms with van der Waals surface area (Å²) < 4.78 is 31.3. The summed E-state index contributed by atoms with van der Waals surface area (Å²) in [4.78, 5) is 7.06. The standard InChI is InChI=1S/BF3O3.Rb.H/c2-5-1(6-3)7-4;;/q;+1;-1. The normalized spacial score (nSPS) is 7.88. The van der Waals surface area contributed by atoms with Crippen LogP contribution in [-0.2, 0) is 14.6 Å². The van der Waals surface area contributed by atoms with Gasteiger partial charge in [0.15, 0.2) is 0 Å². The molecule has 3 nitrogen and oxygen atoms in total.